The molecule has 2 aromatic carbocycles. The lowest BCUT2D eigenvalue weighted by atomic mass is 9.95. The van der Waals surface area contributed by atoms with Crippen LogP contribution in [-0.2, 0) is 0 Å². The van der Waals surface area contributed by atoms with Gasteiger partial charge < -0.3 is 0 Å². The maximum Gasteiger partial charge on any atom is 0.270 e. The van der Waals surface area contributed by atoms with Crippen LogP contribution < -0.4 is 0 Å². The van der Waals surface area contributed by atoms with Crippen molar-refractivity contribution in [3.05, 3.63) is 106 Å². The SMILES string of the molecule is Cc1nn2c(c1-c1ccccc1)N=C(c1cccc([N+](=O)[O-])c1)C[C@H]2c1ccncc1. The van der Waals surface area contributed by atoms with Crippen molar-refractivity contribution in [3.8, 4) is 11.1 Å². The van der Waals surface area contributed by atoms with Crippen LogP contribution in [0.3, 0.4) is 0 Å². The molecule has 0 unspecified atom stereocenters. The Hall–Kier alpha value is -4.13. The van der Waals surface area contributed by atoms with E-state index in [1.807, 2.05) is 60.1 Å². The lowest BCUT2D eigenvalue weighted by Crippen LogP contribution is -2.21. The largest absolute Gasteiger partial charge is 0.270 e. The fourth-order valence-electron chi connectivity index (χ4n) is 4.07. The van der Waals surface area contributed by atoms with Gasteiger partial charge >= 0.3 is 0 Å². The van der Waals surface area contributed by atoms with Crippen molar-refractivity contribution in [3.63, 3.8) is 0 Å². The van der Waals surface area contributed by atoms with Gasteiger partial charge in [-0.2, -0.15) is 5.10 Å². The molecule has 0 bridgehead atoms. The van der Waals surface area contributed by atoms with Gasteiger partial charge in [0.25, 0.3) is 5.69 Å². The van der Waals surface area contributed by atoms with E-state index in [9.17, 15) is 10.1 Å². The molecule has 0 N–H and O–H groups in total. The number of nitro groups is 1. The third-order valence-corrected chi connectivity index (χ3v) is 5.53. The molecule has 31 heavy (non-hydrogen) atoms. The minimum atomic E-state index is -0.378. The Labute approximate surface area is 178 Å². The second kappa shape index (κ2) is 7.60. The summed E-state index contributed by atoms with van der Waals surface area (Å²) in [5.74, 6) is 0.762. The number of rotatable bonds is 4. The Morgan fingerprint density at radius 2 is 1.74 bits per heavy atom. The zero-order chi connectivity index (χ0) is 21.4. The average molecular weight is 409 g/mol. The summed E-state index contributed by atoms with van der Waals surface area (Å²) in [4.78, 5) is 20.0. The maximum atomic E-state index is 11.3. The molecule has 0 amide bonds. The van der Waals surface area contributed by atoms with Gasteiger partial charge in [0, 0.05) is 42.1 Å². The van der Waals surface area contributed by atoms with E-state index in [-0.39, 0.29) is 16.7 Å². The van der Waals surface area contributed by atoms with Crippen molar-refractivity contribution < 1.29 is 4.92 Å². The highest BCUT2D eigenvalue weighted by molar-refractivity contribution is 6.04. The molecule has 0 radical (unpaired) electrons. The number of aliphatic imine (C=N–C) groups is 1. The predicted octanol–water partition coefficient (Wildman–Crippen LogP) is 5.28. The van der Waals surface area contributed by atoms with Crippen molar-refractivity contribution in [1.82, 2.24) is 14.8 Å². The van der Waals surface area contributed by atoms with E-state index in [1.165, 1.54) is 6.07 Å². The molecule has 0 saturated carbocycles. The maximum absolute atomic E-state index is 11.3. The van der Waals surface area contributed by atoms with E-state index in [1.54, 1.807) is 24.5 Å². The molecule has 1 atom stereocenters. The van der Waals surface area contributed by atoms with E-state index in [4.69, 9.17) is 10.1 Å². The summed E-state index contributed by atoms with van der Waals surface area (Å²) >= 11 is 0. The van der Waals surface area contributed by atoms with Crippen LogP contribution in [0.15, 0.2) is 84.1 Å². The van der Waals surface area contributed by atoms with Gasteiger partial charge in [-0.25, -0.2) is 9.67 Å². The number of nitro benzene ring substituents is 1. The number of non-ortho nitro benzene ring substituents is 1. The summed E-state index contributed by atoms with van der Waals surface area (Å²) in [5.41, 5.74) is 5.58. The zero-order valence-electron chi connectivity index (χ0n) is 16.8. The molecule has 7 heteroatoms. The molecular formula is C24H19N5O2. The molecule has 0 fully saturated rings. The van der Waals surface area contributed by atoms with Crippen molar-refractivity contribution >= 4 is 17.2 Å². The summed E-state index contributed by atoms with van der Waals surface area (Å²) in [7, 11) is 0. The quantitative estimate of drug-likeness (QED) is 0.339. The molecule has 4 aromatic rings. The minimum absolute atomic E-state index is 0.0548. The molecule has 2 aromatic heterocycles. The Kier molecular flexibility index (Phi) is 4.63. The third kappa shape index (κ3) is 3.40. The highest BCUT2D eigenvalue weighted by Crippen LogP contribution is 2.41. The molecule has 7 nitrogen and oxygen atoms in total. The Bertz CT molecular complexity index is 1300. The van der Waals surface area contributed by atoms with Gasteiger partial charge in [-0.3, -0.25) is 15.1 Å². The van der Waals surface area contributed by atoms with Crippen LogP contribution in [-0.4, -0.2) is 25.4 Å². The average Bonchev–Trinajstić information content (AvgIpc) is 3.15. The van der Waals surface area contributed by atoms with E-state index in [2.05, 4.69) is 4.98 Å². The molecule has 0 aliphatic carbocycles. The molecular weight excluding hydrogens is 390 g/mol. The van der Waals surface area contributed by atoms with Crippen molar-refractivity contribution in [2.24, 2.45) is 4.99 Å². The summed E-state index contributed by atoms with van der Waals surface area (Å²) in [6, 6.07) is 20.6. The number of aryl methyl sites for hydroxylation is 1. The molecule has 3 heterocycles. The fraction of sp³-hybridized carbons (Fsp3) is 0.125. The van der Waals surface area contributed by atoms with Crippen molar-refractivity contribution in [2.45, 2.75) is 19.4 Å². The van der Waals surface area contributed by atoms with Crippen LogP contribution >= 0.6 is 0 Å². The number of aromatic nitrogens is 3. The normalized spacial score (nSPS) is 15.3. The Morgan fingerprint density at radius 3 is 2.48 bits per heavy atom. The van der Waals surface area contributed by atoms with Crippen LogP contribution in [0.1, 0.15) is 29.3 Å². The summed E-state index contributed by atoms with van der Waals surface area (Å²) in [6.07, 6.45) is 4.11. The molecule has 152 valence electrons. The molecule has 5 rings (SSSR count). The van der Waals surface area contributed by atoms with Crippen LogP contribution in [0.2, 0.25) is 0 Å². The fourth-order valence-corrected chi connectivity index (χ4v) is 4.07. The molecule has 1 aliphatic heterocycles. The third-order valence-electron chi connectivity index (χ3n) is 5.53. The first-order valence-electron chi connectivity index (χ1n) is 9.98. The van der Waals surface area contributed by atoms with E-state index in [0.717, 1.165) is 39.5 Å². The van der Waals surface area contributed by atoms with Crippen LogP contribution in [0.4, 0.5) is 11.5 Å². The van der Waals surface area contributed by atoms with Gasteiger partial charge in [0.1, 0.15) is 0 Å². The van der Waals surface area contributed by atoms with E-state index >= 15 is 0 Å². The van der Waals surface area contributed by atoms with Gasteiger partial charge in [-0.05, 0) is 30.2 Å². The first kappa shape index (κ1) is 18.9. The van der Waals surface area contributed by atoms with Crippen LogP contribution in [0.5, 0.6) is 0 Å². The smallest absolute Gasteiger partial charge is 0.265 e. The van der Waals surface area contributed by atoms with Gasteiger partial charge in [0.15, 0.2) is 5.82 Å². The van der Waals surface area contributed by atoms with Crippen molar-refractivity contribution in [2.75, 3.05) is 0 Å². The standard InChI is InChI=1S/C24H19N5O2/c1-16-23(18-6-3-2-4-7-18)24-26-21(19-8-5-9-20(14-19)29(30)31)15-22(28(24)27-16)17-10-12-25-13-11-17/h2-14,22H,15H2,1H3/t22-/m0/s1. The monoisotopic (exact) mass is 409 g/mol. The number of nitrogens with zero attached hydrogens (tertiary/aromatic N) is 5. The minimum Gasteiger partial charge on any atom is -0.265 e. The highest BCUT2D eigenvalue weighted by atomic mass is 16.6. The lowest BCUT2D eigenvalue weighted by molar-refractivity contribution is -0.384. The van der Waals surface area contributed by atoms with Gasteiger partial charge in [0.05, 0.1) is 22.4 Å². The zero-order valence-corrected chi connectivity index (χ0v) is 16.8. The molecule has 0 spiro atoms. The molecule has 1 aliphatic rings. The number of hydrogen-bond acceptors (Lipinski definition) is 5. The summed E-state index contributed by atoms with van der Waals surface area (Å²) in [5, 5.41) is 16.1. The van der Waals surface area contributed by atoms with Gasteiger partial charge in [-0.15, -0.1) is 0 Å². The van der Waals surface area contributed by atoms with Gasteiger partial charge in [-0.1, -0.05) is 42.5 Å². The number of benzene rings is 2. The summed E-state index contributed by atoms with van der Waals surface area (Å²) in [6.45, 7) is 1.99. The number of pyridine rings is 1. The summed E-state index contributed by atoms with van der Waals surface area (Å²) < 4.78 is 1.97. The Morgan fingerprint density at radius 1 is 1.00 bits per heavy atom. The topological polar surface area (TPSA) is 86.2 Å². The second-order valence-electron chi connectivity index (χ2n) is 7.46. The molecule has 0 saturated heterocycles. The number of fused-ring (bicyclic) bond motifs is 1. The van der Waals surface area contributed by atoms with E-state index in [0.29, 0.717) is 6.42 Å². The van der Waals surface area contributed by atoms with Gasteiger partial charge in [0.2, 0.25) is 0 Å². The Balaban J connectivity index is 1.72. The number of hydrogen-bond donors (Lipinski definition) is 0. The van der Waals surface area contributed by atoms with Crippen LogP contribution in [0.25, 0.3) is 11.1 Å². The lowest BCUT2D eigenvalue weighted by Gasteiger charge is -2.25. The van der Waals surface area contributed by atoms with Crippen molar-refractivity contribution in [1.29, 1.82) is 0 Å². The first-order chi connectivity index (χ1) is 15.1. The highest BCUT2D eigenvalue weighted by Gasteiger charge is 2.30. The first-order valence-corrected chi connectivity index (χ1v) is 9.98. The predicted molar refractivity (Wildman–Crippen MR) is 119 cm³/mol. The van der Waals surface area contributed by atoms with E-state index < -0.39 is 0 Å². The van der Waals surface area contributed by atoms with Crippen LogP contribution in [0, 0.1) is 17.0 Å². The second-order valence-corrected chi connectivity index (χ2v) is 7.46.